The van der Waals surface area contributed by atoms with Gasteiger partial charge in [-0.1, -0.05) is 12.1 Å². The van der Waals surface area contributed by atoms with Gasteiger partial charge in [0, 0.05) is 10.9 Å². The molecule has 2 heterocycles. The molecule has 0 aliphatic carbocycles. The van der Waals surface area contributed by atoms with Crippen LogP contribution in [0.2, 0.25) is 0 Å². The Morgan fingerprint density at radius 2 is 1.96 bits per heavy atom. The molecule has 1 aliphatic rings. The average molecular weight is 365 g/mol. The third-order valence-corrected chi connectivity index (χ3v) is 4.79. The summed E-state index contributed by atoms with van der Waals surface area (Å²) < 4.78 is 10.2. The minimum absolute atomic E-state index is 0.00356. The van der Waals surface area contributed by atoms with Crippen LogP contribution in [-0.4, -0.2) is 18.1 Å². The van der Waals surface area contributed by atoms with Crippen LogP contribution in [0.4, 0.5) is 0 Å². The van der Waals surface area contributed by atoms with Gasteiger partial charge in [-0.2, -0.15) is 5.26 Å². The summed E-state index contributed by atoms with van der Waals surface area (Å²) in [6.07, 6.45) is 0. The first-order valence-corrected chi connectivity index (χ1v) is 8.30. The normalized spacial score (nSPS) is 16.9. The number of allylic oxidation sites excluding steroid dienone is 2. The Bertz CT molecular complexity index is 1130. The van der Waals surface area contributed by atoms with Crippen LogP contribution in [0.25, 0.3) is 10.9 Å². The van der Waals surface area contributed by atoms with Gasteiger partial charge in [0.1, 0.15) is 17.4 Å². The first-order valence-electron chi connectivity index (χ1n) is 8.30. The zero-order chi connectivity index (χ0) is 19.9. The third-order valence-electron chi connectivity index (χ3n) is 4.79. The summed E-state index contributed by atoms with van der Waals surface area (Å²) in [7, 11) is 1.23. The number of nitrogens with one attached hydrogen (secondary N) is 1. The number of aromatic nitrogens is 1. The van der Waals surface area contributed by atoms with Crippen molar-refractivity contribution in [3.05, 3.63) is 68.0 Å². The summed E-state index contributed by atoms with van der Waals surface area (Å²) in [5.74, 6) is -1.58. The molecule has 0 unspecified atom stereocenters. The molecule has 0 fully saturated rings. The lowest BCUT2D eigenvalue weighted by molar-refractivity contribution is -0.136. The van der Waals surface area contributed by atoms with Gasteiger partial charge in [0.25, 0.3) is 5.56 Å². The van der Waals surface area contributed by atoms with E-state index in [1.165, 1.54) is 7.11 Å². The molecule has 7 nitrogen and oxygen atoms in total. The second kappa shape index (κ2) is 6.65. The highest BCUT2D eigenvalue weighted by molar-refractivity contribution is 5.93. The van der Waals surface area contributed by atoms with Gasteiger partial charge in [0.15, 0.2) is 0 Å². The highest BCUT2D eigenvalue weighted by atomic mass is 16.5. The lowest BCUT2D eigenvalue weighted by atomic mass is 9.83. The minimum atomic E-state index is -0.968. The summed E-state index contributed by atoms with van der Waals surface area (Å²) in [6, 6.07) is 7.54. The number of rotatable bonds is 2. The van der Waals surface area contributed by atoms with Gasteiger partial charge in [-0.3, -0.25) is 4.79 Å². The van der Waals surface area contributed by atoms with Crippen LogP contribution >= 0.6 is 0 Å². The van der Waals surface area contributed by atoms with Crippen LogP contribution in [0, 0.1) is 25.2 Å². The van der Waals surface area contributed by atoms with Crippen molar-refractivity contribution < 1.29 is 14.3 Å². The van der Waals surface area contributed by atoms with Crippen LogP contribution in [0.5, 0.6) is 0 Å². The van der Waals surface area contributed by atoms with E-state index in [9.17, 15) is 14.9 Å². The van der Waals surface area contributed by atoms with Crippen LogP contribution in [0.3, 0.4) is 0 Å². The van der Waals surface area contributed by atoms with Gasteiger partial charge < -0.3 is 20.2 Å². The maximum Gasteiger partial charge on any atom is 0.338 e. The zero-order valence-corrected chi connectivity index (χ0v) is 15.5. The van der Waals surface area contributed by atoms with Crippen LogP contribution in [0.1, 0.15) is 29.5 Å². The molecule has 1 aliphatic heterocycles. The van der Waals surface area contributed by atoms with E-state index in [0.29, 0.717) is 5.52 Å². The third kappa shape index (κ3) is 2.85. The summed E-state index contributed by atoms with van der Waals surface area (Å²) in [6.45, 7) is 5.37. The maximum atomic E-state index is 12.9. The minimum Gasteiger partial charge on any atom is -0.466 e. The van der Waals surface area contributed by atoms with Crippen molar-refractivity contribution in [1.82, 2.24) is 4.98 Å². The van der Waals surface area contributed by atoms with Gasteiger partial charge in [-0.05, 0) is 38.0 Å². The van der Waals surface area contributed by atoms with Gasteiger partial charge >= 0.3 is 5.97 Å². The number of carbonyl (C=O) groups is 1. The van der Waals surface area contributed by atoms with Crippen molar-refractivity contribution in [3.63, 3.8) is 0 Å². The second-order valence-electron chi connectivity index (χ2n) is 6.43. The Kier molecular flexibility index (Phi) is 4.50. The molecule has 1 aromatic heterocycles. The molecule has 27 heavy (non-hydrogen) atoms. The number of carbonyl (C=O) groups excluding carboxylic acids is 1. The van der Waals surface area contributed by atoms with Crippen molar-refractivity contribution in [2.45, 2.75) is 26.7 Å². The largest absolute Gasteiger partial charge is 0.466 e. The highest BCUT2D eigenvalue weighted by Crippen LogP contribution is 2.39. The monoisotopic (exact) mass is 365 g/mol. The van der Waals surface area contributed by atoms with Gasteiger partial charge in [0.05, 0.1) is 24.1 Å². The van der Waals surface area contributed by atoms with E-state index in [1.54, 1.807) is 13.0 Å². The van der Waals surface area contributed by atoms with Gasteiger partial charge in [-0.15, -0.1) is 0 Å². The molecular weight excluding hydrogens is 346 g/mol. The number of ether oxygens (including phenoxy) is 2. The first kappa shape index (κ1) is 18.3. The molecule has 138 valence electrons. The molecule has 0 radical (unpaired) electrons. The molecule has 7 heteroatoms. The van der Waals surface area contributed by atoms with Crippen LogP contribution < -0.4 is 11.3 Å². The lowest BCUT2D eigenvalue weighted by Crippen LogP contribution is -2.29. The predicted octanol–water partition coefficient (Wildman–Crippen LogP) is 2.40. The Hall–Kier alpha value is -3.53. The van der Waals surface area contributed by atoms with E-state index in [1.807, 2.05) is 32.0 Å². The number of esters is 1. The Morgan fingerprint density at radius 3 is 2.59 bits per heavy atom. The Labute approximate surface area is 155 Å². The van der Waals surface area contributed by atoms with Crippen LogP contribution in [-0.2, 0) is 14.3 Å². The fourth-order valence-corrected chi connectivity index (χ4v) is 3.37. The summed E-state index contributed by atoms with van der Waals surface area (Å²) in [4.78, 5) is 28.1. The molecule has 2 aromatic rings. The number of fused-ring (bicyclic) bond motifs is 1. The molecule has 0 saturated heterocycles. The average Bonchev–Trinajstić information content (AvgIpc) is 2.63. The Balaban J connectivity index is 2.38. The van der Waals surface area contributed by atoms with E-state index in [-0.39, 0.29) is 28.4 Å². The number of H-pyrrole nitrogens is 1. The number of aryl methyl sites for hydroxylation is 2. The number of methoxy groups -OCH3 is 1. The fraction of sp³-hybridized carbons (Fsp3) is 0.250. The van der Waals surface area contributed by atoms with Crippen molar-refractivity contribution in [1.29, 1.82) is 5.26 Å². The van der Waals surface area contributed by atoms with E-state index >= 15 is 0 Å². The van der Waals surface area contributed by atoms with E-state index in [4.69, 9.17) is 15.2 Å². The quantitative estimate of drug-likeness (QED) is 0.789. The number of hydrogen-bond donors (Lipinski definition) is 2. The molecule has 3 rings (SSSR count). The zero-order valence-electron chi connectivity index (χ0n) is 15.5. The topological polar surface area (TPSA) is 118 Å². The van der Waals surface area contributed by atoms with E-state index in [2.05, 4.69) is 4.98 Å². The SMILES string of the molecule is COC(=O)C1=C(C)OC(N)=C(C#N)[C@@H]1c1cc2c(C)ccc(C)c2[nH]c1=O. The van der Waals surface area contributed by atoms with Crippen molar-refractivity contribution in [2.24, 2.45) is 5.73 Å². The molecule has 0 saturated carbocycles. The molecule has 1 aromatic carbocycles. The number of aromatic amines is 1. The summed E-state index contributed by atoms with van der Waals surface area (Å²) in [5, 5.41) is 10.4. The Morgan fingerprint density at radius 1 is 1.30 bits per heavy atom. The lowest BCUT2D eigenvalue weighted by Gasteiger charge is -2.26. The van der Waals surface area contributed by atoms with Crippen molar-refractivity contribution in [3.8, 4) is 6.07 Å². The predicted molar refractivity (Wildman–Crippen MR) is 99.4 cm³/mol. The maximum absolute atomic E-state index is 12.9. The number of hydrogen-bond acceptors (Lipinski definition) is 6. The van der Waals surface area contributed by atoms with Crippen molar-refractivity contribution >= 4 is 16.9 Å². The number of nitrogens with two attached hydrogens (primary N) is 1. The summed E-state index contributed by atoms with van der Waals surface area (Å²) >= 11 is 0. The van der Waals surface area contributed by atoms with Crippen LogP contribution in [0.15, 0.2) is 45.8 Å². The molecule has 0 spiro atoms. The molecule has 3 N–H and O–H groups in total. The standard InChI is InChI=1S/C20H19N3O4/c1-9-5-6-10(2)17-12(9)7-13(19(24)23-17)16-14(8-21)18(22)27-11(3)15(16)20(25)26-4/h5-7,16H,22H2,1-4H3,(H,23,24)/t16-/m0/s1. The molecular formula is C20H19N3O4. The number of benzene rings is 1. The fourth-order valence-electron chi connectivity index (χ4n) is 3.37. The molecule has 0 bridgehead atoms. The van der Waals surface area contributed by atoms with Gasteiger partial charge in [-0.25, -0.2) is 4.79 Å². The first-order chi connectivity index (χ1) is 12.8. The summed E-state index contributed by atoms with van der Waals surface area (Å²) in [5.41, 5.74) is 8.36. The number of pyridine rings is 1. The van der Waals surface area contributed by atoms with Gasteiger partial charge in [0.2, 0.25) is 5.88 Å². The molecule has 1 atom stereocenters. The highest BCUT2D eigenvalue weighted by Gasteiger charge is 2.37. The van der Waals surface area contributed by atoms with Crippen molar-refractivity contribution in [2.75, 3.05) is 7.11 Å². The van der Waals surface area contributed by atoms with E-state index < -0.39 is 17.4 Å². The smallest absolute Gasteiger partial charge is 0.338 e. The second-order valence-corrected chi connectivity index (χ2v) is 6.43. The molecule has 0 amide bonds. The number of nitriles is 1. The number of nitrogens with zero attached hydrogens (tertiary/aromatic N) is 1. The van der Waals surface area contributed by atoms with E-state index in [0.717, 1.165) is 16.5 Å².